The second kappa shape index (κ2) is 4.97. The molecule has 4 nitrogen and oxygen atoms in total. The van der Waals surface area contributed by atoms with Crippen molar-refractivity contribution in [3.8, 4) is 0 Å². The summed E-state index contributed by atoms with van der Waals surface area (Å²) in [5.74, 6) is 0.558. The molecule has 0 bridgehead atoms. The van der Waals surface area contributed by atoms with E-state index in [4.69, 9.17) is 5.73 Å². The van der Waals surface area contributed by atoms with Crippen molar-refractivity contribution in [3.05, 3.63) is 18.0 Å². The van der Waals surface area contributed by atoms with E-state index in [2.05, 4.69) is 23.1 Å². The Hall–Kier alpha value is -0.870. The van der Waals surface area contributed by atoms with Gasteiger partial charge in [-0.05, 0) is 45.0 Å². The molecular weight excluding hydrogens is 200 g/mol. The fourth-order valence-electron chi connectivity index (χ4n) is 2.81. The number of likely N-dealkylation sites (tertiary alicyclic amines) is 1. The Kier molecular flexibility index (Phi) is 3.61. The van der Waals surface area contributed by atoms with Gasteiger partial charge in [-0.3, -0.25) is 9.58 Å². The van der Waals surface area contributed by atoms with E-state index < -0.39 is 0 Å². The zero-order chi connectivity index (χ0) is 11.5. The molecular formula is C12H22N4. The molecule has 2 N–H and O–H groups in total. The summed E-state index contributed by atoms with van der Waals surface area (Å²) in [6.45, 7) is 1.92. The topological polar surface area (TPSA) is 47.1 Å². The lowest BCUT2D eigenvalue weighted by Gasteiger charge is -2.31. The van der Waals surface area contributed by atoms with Crippen molar-refractivity contribution in [3.63, 3.8) is 0 Å². The second-order valence-corrected chi connectivity index (χ2v) is 4.80. The number of rotatable bonds is 2. The number of aromatic nitrogens is 2. The Bertz CT molecular complexity index is 334. The fourth-order valence-corrected chi connectivity index (χ4v) is 2.81. The normalized spacial score (nSPS) is 27.9. The van der Waals surface area contributed by atoms with Gasteiger partial charge in [-0.15, -0.1) is 0 Å². The first-order chi connectivity index (χ1) is 7.74. The standard InChI is InChI=1S/C12H22N4/c1-15-8-4-3-5-10(9-13)12(15)11-6-7-14-16(11)2/h6-7,10,12H,3-5,8-9,13H2,1-2H3. The van der Waals surface area contributed by atoms with Crippen LogP contribution in [0.2, 0.25) is 0 Å². The van der Waals surface area contributed by atoms with Crippen LogP contribution in [-0.2, 0) is 7.05 Å². The lowest BCUT2D eigenvalue weighted by molar-refractivity contribution is 0.186. The van der Waals surface area contributed by atoms with Gasteiger partial charge in [0.2, 0.25) is 0 Å². The van der Waals surface area contributed by atoms with Crippen LogP contribution in [0.1, 0.15) is 31.0 Å². The third-order valence-electron chi connectivity index (χ3n) is 3.72. The molecule has 0 radical (unpaired) electrons. The van der Waals surface area contributed by atoms with E-state index in [1.807, 2.05) is 17.9 Å². The van der Waals surface area contributed by atoms with Gasteiger partial charge in [0.1, 0.15) is 0 Å². The SMILES string of the molecule is CN1CCCCC(CN)C1c1ccnn1C. The van der Waals surface area contributed by atoms with Crippen molar-refractivity contribution in [2.24, 2.45) is 18.7 Å². The van der Waals surface area contributed by atoms with Crippen LogP contribution in [-0.4, -0.2) is 34.8 Å². The molecule has 16 heavy (non-hydrogen) atoms. The van der Waals surface area contributed by atoms with Crippen molar-refractivity contribution in [2.75, 3.05) is 20.1 Å². The molecule has 2 atom stereocenters. The van der Waals surface area contributed by atoms with E-state index in [9.17, 15) is 0 Å². The average Bonchev–Trinajstić information content (AvgIpc) is 2.59. The molecule has 90 valence electrons. The highest BCUT2D eigenvalue weighted by atomic mass is 15.3. The molecule has 1 aromatic rings. The molecule has 0 aromatic carbocycles. The molecule has 1 aliphatic heterocycles. The lowest BCUT2D eigenvalue weighted by atomic mass is 9.92. The summed E-state index contributed by atoms with van der Waals surface area (Å²) in [6.07, 6.45) is 5.68. The zero-order valence-corrected chi connectivity index (χ0v) is 10.3. The summed E-state index contributed by atoms with van der Waals surface area (Å²) in [6, 6.07) is 2.55. The molecule has 1 saturated heterocycles. The van der Waals surface area contributed by atoms with Gasteiger partial charge in [0.25, 0.3) is 0 Å². The molecule has 1 fully saturated rings. The predicted molar refractivity (Wildman–Crippen MR) is 65.0 cm³/mol. The Balaban J connectivity index is 2.29. The third kappa shape index (κ3) is 2.13. The van der Waals surface area contributed by atoms with Gasteiger partial charge in [0.05, 0.1) is 11.7 Å². The summed E-state index contributed by atoms with van der Waals surface area (Å²) in [4.78, 5) is 2.43. The molecule has 0 amide bonds. The third-order valence-corrected chi connectivity index (χ3v) is 3.72. The average molecular weight is 222 g/mol. The maximum absolute atomic E-state index is 5.93. The highest BCUT2D eigenvalue weighted by molar-refractivity contribution is 5.09. The van der Waals surface area contributed by atoms with E-state index in [-0.39, 0.29) is 0 Å². The number of aryl methyl sites for hydroxylation is 1. The maximum atomic E-state index is 5.93. The van der Waals surface area contributed by atoms with Crippen LogP contribution >= 0.6 is 0 Å². The van der Waals surface area contributed by atoms with E-state index in [0.717, 1.165) is 13.1 Å². The van der Waals surface area contributed by atoms with E-state index in [0.29, 0.717) is 12.0 Å². The van der Waals surface area contributed by atoms with Crippen LogP contribution in [0, 0.1) is 5.92 Å². The van der Waals surface area contributed by atoms with E-state index >= 15 is 0 Å². The Morgan fingerprint density at radius 1 is 1.44 bits per heavy atom. The van der Waals surface area contributed by atoms with Crippen molar-refractivity contribution < 1.29 is 0 Å². The van der Waals surface area contributed by atoms with E-state index in [1.54, 1.807) is 0 Å². The molecule has 2 heterocycles. The van der Waals surface area contributed by atoms with Crippen LogP contribution in [0.25, 0.3) is 0 Å². The Morgan fingerprint density at radius 3 is 2.88 bits per heavy atom. The summed E-state index contributed by atoms with van der Waals surface area (Å²) in [5.41, 5.74) is 7.22. The molecule has 1 aliphatic rings. The van der Waals surface area contributed by atoms with Gasteiger partial charge < -0.3 is 5.73 Å². The summed E-state index contributed by atoms with van der Waals surface area (Å²) in [5, 5.41) is 4.27. The van der Waals surface area contributed by atoms with Crippen molar-refractivity contribution in [1.29, 1.82) is 0 Å². The van der Waals surface area contributed by atoms with Gasteiger partial charge in [-0.25, -0.2) is 0 Å². The van der Waals surface area contributed by atoms with Crippen LogP contribution < -0.4 is 5.73 Å². The first-order valence-electron chi connectivity index (χ1n) is 6.12. The summed E-state index contributed by atoms with van der Waals surface area (Å²) in [7, 11) is 4.22. The van der Waals surface area contributed by atoms with E-state index in [1.165, 1.54) is 25.0 Å². The number of hydrogen-bond acceptors (Lipinski definition) is 3. The van der Waals surface area contributed by atoms with Gasteiger partial charge >= 0.3 is 0 Å². The summed E-state index contributed by atoms with van der Waals surface area (Å²) < 4.78 is 1.98. The maximum Gasteiger partial charge on any atom is 0.0555 e. The Morgan fingerprint density at radius 2 is 2.25 bits per heavy atom. The number of nitrogens with two attached hydrogens (primary N) is 1. The highest BCUT2D eigenvalue weighted by Gasteiger charge is 2.29. The van der Waals surface area contributed by atoms with Crippen molar-refractivity contribution in [1.82, 2.24) is 14.7 Å². The van der Waals surface area contributed by atoms with Gasteiger partial charge in [-0.1, -0.05) is 6.42 Å². The predicted octanol–water partition coefficient (Wildman–Crippen LogP) is 1.15. The van der Waals surface area contributed by atoms with Crippen LogP contribution in [0.15, 0.2) is 12.3 Å². The molecule has 0 spiro atoms. The van der Waals surface area contributed by atoms with Gasteiger partial charge in [0.15, 0.2) is 0 Å². The minimum atomic E-state index is 0.431. The monoisotopic (exact) mass is 222 g/mol. The first kappa shape index (κ1) is 11.6. The molecule has 2 unspecified atom stereocenters. The molecule has 1 aromatic heterocycles. The zero-order valence-electron chi connectivity index (χ0n) is 10.3. The van der Waals surface area contributed by atoms with Crippen molar-refractivity contribution >= 4 is 0 Å². The Labute approximate surface area is 97.4 Å². The molecule has 0 aliphatic carbocycles. The van der Waals surface area contributed by atoms with Crippen LogP contribution in [0.5, 0.6) is 0 Å². The minimum Gasteiger partial charge on any atom is -0.330 e. The van der Waals surface area contributed by atoms with Crippen molar-refractivity contribution in [2.45, 2.75) is 25.3 Å². The highest BCUT2D eigenvalue weighted by Crippen LogP contribution is 2.32. The number of nitrogens with zero attached hydrogens (tertiary/aromatic N) is 3. The molecule has 4 heteroatoms. The molecule has 0 saturated carbocycles. The quantitative estimate of drug-likeness (QED) is 0.816. The first-order valence-corrected chi connectivity index (χ1v) is 6.12. The van der Waals surface area contributed by atoms with Crippen LogP contribution in [0.4, 0.5) is 0 Å². The lowest BCUT2D eigenvalue weighted by Crippen LogP contribution is -2.34. The molecule has 2 rings (SSSR count). The fraction of sp³-hybridized carbons (Fsp3) is 0.750. The van der Waals surface area contributed by atoms with Gasteiger partial charge in [-0.2, -0.15) is 5.10 Å². The minimum absolute atomic E-state index is 0.431. The smallest absolute Gasteiger partial charge is 0.0555 e. The summed E-state index contributed by atoms with van der Waals surface area (Å²) >= 11 is 0. The second-order valence-electron chi connectivity index (χ2n) is 4.80. The largest absolute Gasteiger partial charge is 0.330 e. The van der Waals surface area contributed by atoms with Crippen LogP contribution in [0.3, 0.4) is 0 Å². The number of hydrogen-bond donors (Lipinski definition) is 1. The van der Waals surface area contributed by atoms with Gasteiger partial charge in [0, 0.05) is 13.2 Å².